The molecule has 6 nitrogen and oxygen atoms in total. The highest BCUT2D eigenvalue weighted by atomic mass is 16.5. The second-order valence-corrected chi connectivity index (χ2v) is 5.96. The zero-order chi connectivity index (χ0) is 19.2. The first-order chi connectivity index (χ1) is 13.1. The van der Waals surface area contributed by atoms with Crippen molar-refractivity contribution in [3.63, 3.8) is 0 Å². The number of aromatic carboxylic acids is 1. The number of amides is 1. The molecule has 0 saturated heterocycles. The van der Waals surface area contributed by atoms with E-state index in [1.54, 1.807) is 18.2 Å². The minimum atomic E-state index is -1.07. The third-order valence-corrected chi connectivity index (χ3v) is 3.97. The Morgan fingerprint density at radius 3 is 2.33 bits per heavy atom. The van der Waals surface area contributed by atoms with Gasteiger partial charge in [-0.3, -0.25) is 4.79 Å². The van der Waals surface area contributed by atoms with Crippen LogP contribution in [0.15, 0.2) is 67.0 Å². The van der Waals surface area contributed by atoms with Gasteiger partial charge < -0.3 is 19.7 Å². The molecule has 1 heterocycles. The summed E-state index contributed by atoms with van der Waals surface area (Å²) in [7, 11) is 0. The van der Waals surface area contributed by atoms with Crippen LogP contribution in [0, 0.1) is 0 Å². The Balaban J connectivity index is 1.81. The summed E-state index contributed by atoms with van der Waals surface area (Å²) in [6, 6.07) is 15.4. The van der Waals surface area contributed by atoms with Crippen molar-refractivity contribution < 1.29 is 19.4 Å². The molecule has 138 valence electrons. The molecule has 3 aromatic rings. The van der Waals surface area contributed by atoms with Gasteiger partial charge in [-0.1, -0.05) is 6.92 Å². The summed E-state index contributed by atoms with van der Waals surface area (Å²) in [5, 5.41) is 11.9. The summed E-state index contributed by atoms with van der Waals surface area (Å²) in [5.41, 5.74) is 1.82. The summed E-state index contributed by atoms with van der Waals surface area (Å²) >= 11 is 0. The number of aromatic nitrogens is 1. The molecule has 0 fully saturated rings. The van der Waals surface area contributed by atoms with E-state index in [9.17, 15) is 14.7 Å². The maximum atomic E-state index is 12.6. The summed E-state index contributed by atoms with van der Waals surface area (Å²) in [6.07, 6.45) is 4.64. The summed E-state index contributed by atoms with van der Waals surface area (Å²) in [5.74, 6) is -0.958. The Morgan fingerprint density at radius 2 is 1.70 bits per heavy atom. The molecule has 3 rings (SSSR count). The first kappa shape index (κ1) is 18.3. The number of rotatable bonds is 7. The van der Waals surface area contributed by atoms with Crippen LogP contribution in [0.2, 0.25) is 0 Å². The van der Waals surface area contributed by atoms with Crippen molar-refractivity contribution in [1.29, 1.82) is 0 Å². The Bertz CT molecular complexity index is 931. The zero-order valence-electron chi connectivity index (χ0n) is 14.9. The second-order valence-electron chi connectivity index (χ2n) is 5.96. The predicted octanol–water partition coefficient (Wildman–Crippen LogP) is 4.22. The minimum Gasteiger partial charge on any atom is -0.491 e. The van der Waals surface area contributed by atoms with Gasteiger partial charge in [-0.15, -0.1) is 0 Å². The van der Waals surface area contributed by atoms with E-state index < -0.39 is 5.97 Å². The van der Waals surface area contributed by atoms with E-state index in [2.05, 4.69) is 5.32 Å². The van der Waals surface area contributed by atoms with Crippen molar-refractivity contribution in [2.45, 2.75) is 13.3 Å². The van der Waals surface area contributed by atoms with E-state index in [1.165, 1.54) is 12.1 Å². The molecule has 6 heteroatoms. The highest BCUT2D eigenvalue weighted by Gasteiger charge is 2.13. The van der Waals surface area contributed by atoms with Gasteiger partial charge in [0.25, 0.3) is 5.91 Å². The second kappa shape index (κ2) is 8.23. The van der Waals surface area contributed by atoms with Crippen molar-refractivity contribution in [2.75, 3.05) is 11.9 Å². The molecule has 1 aromatic heterocycles. The summed E-state index contributed by atoms with van der Waals surface area (Å²) < 4.78 is 7.55. The van der Waals surface area contributed by atoms with Crippen molar-refractivity contribution in [2.24, 2.45) is 0 Å². The van der Waals surface area contributed by atoms with E-state index >= 15 is 0 Å². The van der Waals surface area contributed by atoms with Crippen LogP contribution < -0.4 is 10.1 Å². The molecule has 0 aliphatic carbocycles. The summed E-state index contributed by atoms with van der Waals surface area (Å²) in [4.78, 5) is 23.8. The standard InChI is InChI=1S/C21H20N2O4/c1-2-13-27-19-10-7-16(21(25)26)14-18(19)22-20(24)15-5-8-17(9-6-15)23-11-3-4-12-23/h3-12,14H,2,13H2,1H3,(H,22,24)(H,25,26). The highest BCUT2D eigenvalue weighted by molar-refractivity contribution is 6.05. The van der Waals surface area contributed by atoms with Crippen molar-refractivity contribution >= 4 is 17.6 Å². The number of nitrogens with one attached hydrogen (secondary N) is 1. The first-order valence-electron chi connectivity index (χ1n) is 8.63. The van der Waals surface area contributed by atoms with Gasteiger partial charge in [-0.25, -0.2) is 4.79 Å². The van der Waals surface area contributed by atoms with Gasteiger partial charge in [-0.2, -0.15) is 0 Å². The number of hydrogen-bond donors (Lipinski definition) is 2. The molecule has 0 unspecified atom stereocenters. The topological polar surface area (TPSA) is 80.6 Å². The average molecular weight is 364 g/mol. The fraction of sp³-hybridized carbons (Fsp3) is 0.143. The van der Waals surface area contributed by atoms with Crippen LogP contribution in [0.1, 0.15) is 34.1 Å². The fourth-order valence-corrected chi connectivity index (χ4v) is 2.58. The molecular weight excluding hydrogens is 344 g/mol. The van der Waals surface area contributed by atoms with Gasteiger partial charge in [0, 0.05) is 23.6 Å². The number of carbonyl (C=O) groups is 2. The Labute approximate surface area is 157 Å². The predicted molar refractivity (Wildman–Crippen MR) is 103 cm³/mol. The number of hydrogen-bond acceptors (Lipinski definition) is 3. The fourth-order valence-electron chi connectivity index (χ4n) is 2.58. The SMILES string of the molecule is CCCOc1ccc(C(=O)O)cc1NC(=O)c1ccc(-n2cccc2)cc1. The third-order valence-electron chi connectivity index (χ3n) is 3.97. The number of anilines is 1. The lowest BCUT2D eigenvalue weighted by molar-refractivity contribution is 0.0696. The average Bonchev–Trinajstić information content (AvgIpc) is 3.21. The number of nitrogens with zero attached hydrogens (tertiary/aromatic N) is 1. The quantitative estimate of drug-likeness (QED) is 0.658. The lowest BCUT2D eigenvalue weighted by atomic mass is 10.1. The van der Waals surface area contributed by atoms with E-state index in [-0.39, 0.29) is 11.5 Å². The number of carboxylic acid groups (broad SMARTS) is 1. The van der Waals surface area contributed by atoms with Crippen LogP contribution in [0.5, 0.6) is 5.75 Å². The molecule has 27 heavy (non-hydrogen) atoms. The molecule has 2 N–H and O–H groups in total. The van der Waals surface area contributed by atoms with Gasteiger partial charge >= 0.3 is 5.97 Å². The number of carboxylic acids is 1. The zero-order valence-corrected chi connectivity index (χ0v) is 14.9. The van der Waals surface area contributed by atoms with Crippen LogP contribution in [-0.4, -0.2) is 28.2 Å². The minimum absolute atomic E-state index is 0.0807. The smallest absolute Gasteiger partial charge is 0.335 e. The monoisotopic (exact) mass is 364 g/mol. The molecule has 0 atom stereocenters. The van der Waals surface area contributed by atoms with Crippen molar-refractivity contribution in [3.05, 3.63) is 78.1 Å². The van der Waals surface area contributed by atoms with Crippen LogP contribution in [-0.2, 0) is 0 Å². The van der Waals surface area contributed by atoms with Gasteiger partial charge in [-0.05, 0) is 61.0 Å². The third kappa shape index (κ3) is 4.36. The van der Waals surface area contributed by atoms with Crippen LogP contribution in [0.4, 0.5) is 5.69 Å². The Hall–Kier alpha value is -3.54. The van der Waals surface area contributed by atoms with Crippen molar-refractivity contribution in [3.8, 4) is 11.4 Å². The van der Waals surface area contributed by atoms with Gasteiger partial charge in [0.2, 0.25) is 0 Å². The largest absolute Gasteiger partial charge is 0.491 e. The molecule has 0 aliphatic rings. The van der Waals surface area contributed by atoms with Gasteiger partial charge in [0.05, 0.1) is 17.9 Å². The normalized spacial score (nSPS) is 10.4. The highest BCUT2D eigenvalue weighted by Crippen LogP contribution is 2.27. The van der Waals surface area contributed by atoms with E-state index in [0.717, 1.165) is 12.1 Å². The molecule has 0 spiro atoms. The van der Waals surface area contributed by atoms with Gasteiger partial charge in [0.1, 0.15) is 5.75 Å². The van der Waals surface area contributed by atoms with Gasteiger partial charge in [0.15, 0.2) is 0 Å². The lowest BCUT2D eigenvalue weighted by Crippen LogP contribution is -2.14. The first-order valence-corrected chi connectivity index (χ1v) is 8.63. The van der Waals surface area contributed by atoms with E-state index in [4.69, 9.17) is 4.74 Å². The molecule has 0 radical (unpaired) electrons. The van der Waals surface area contributed by atoms with Crippen LogP contribution in [0.25, 0.3) is 5.69 Å². The Kier molecular flexibility index (Phi) is 5.56. The molecule has 2 aromatic carbocycles. The van der Waals surface area contributed by atoms with Crippen LogP contribution in [0.3, 0.4) is 0 Å². The van der Waals surface area contributed by atoms with E-state index in [0.29, 0.717) is 23.6 Å². The maximum absolute atomic E-state index is 12.6. The molecule has 0 aliphatic heterocycles. The molecule has 0 saturated carbocycles. The van der Waals surface area contributed by atoms with Crippen molar-refractivity contribution in [1.82, 2.24) is 4.57 Å². The molecule has 1 amide bonds. The summed E-state index contributed by atoms with van der Waals surface area (Å²) in [6.45, 7) is 2.44. The van der Waals surface area contributed by atoms with Crippen LogP contribution >= 0.6 is 0 Å². The molecule has 0 bridgehead atoms. The Morgan fingerprint density at radius 1 is 1.04 bits per heavy atom. The molecular formula is C21H20N2O4. The number of carbonyl (C=O) groups excluding carboxylic acids is 1. The number of benzene rings is 2. The lowest BCUT2D eigenvalue weighted by Gasteiger charge is -2.13. The maximum Gasteiger partial charge on any atom is 0.335 e. The number of ether oxygens (including phenoxy) is 1. The van der Waals surface area contributed by atoms with E-state index in [1.807, 2.05) is 48.1 Å².